The molecular weight excluding hydrogens is 398 g/mol. The van der Waals surface area contributed by atoms with Crippen LogP contribution in [-0.2, 0) is 17.8 Å². The third kappa shape index (κ3) is 3.55. The standard InChI is InChI=1S/C23H22N3O5/c1-15-24(12-5-13-31-2)20-21(23(28)19-7-4-3-6-18(19)22(20)27)25(15)14-16-8-10-17(11-9-16)26(29)30/h3-4,6-11H,5,12-14H2,1-2H3/q+1. The number of hydrogen-bond acceptors (Lipinski definition) is 5. The molecule has 158 valence electrons. The van der Waals surface area contributed by atoms with Crippen molar-refractivity contribution in [3.05, 3.63) is 92.5 Å². The molecule has 0 saturated heterocycles. The first-order chi connectivity index (χ1) is 14.9. The highest BCUT2D eigenvalue weighted by atomic mass is 16.6. The second-order valence-corrected chi connectivity index (χ2v) is 7.46. The molecule has 0 radical (unpaired) electrons. The fourth-order valence-electron chi connectivity index (χ4n) is 4.06. The Balaban J connectivity index is 1.83. The molecule has 0 aliphatic heterocycles. The molecule has 31 heavy (non-hydrogen) atoms. The largest absolute Gasteiger partial charge is 0.385 e. The molecule has 0 bridgehead atoms. The predicted octanol–water partition coefficient (Wildman–Crippen LogP) is 2.85. The summed E-state index contributed by atoms with van der Waals surface area (Å²) in [5.74, 6) is 0.405. The minimum atomic E-state index is -0.449. The average molecular weight is 420 g/mol. The topological polar surface area (TPSA) is 95.3 Å². The van der Waals surface area contributed by atoms with Crippen LogP contribution in [0, 0.1) is 17.0 Å². The van der Waals surface area contributed by atoms with Crippen molar-refractivity contribution in [3.8, 4) is 0 Å². The summed E-state index contributed by atoms with van der Waals surface area (Å²) in [5, 5.41) is 10.9. The SMILES string of the molecule is COCCCn1c2c([n+](Cc3ccc([N+](=O)[O-])cc3)c1C)C(=O)c1ccccc1C2=O. The van der Waals surface area contributed by atoms with Crippen molar-refractivity contribution >= 4 is 17.3 Å². The van der Waals surface area contributed by atoms with E-state index < -0.39 is 4.92 Å². The molecule has 1 aliphatic rings. The summed E-state index contributed by atoms with van der Waals surface area (Å²) in [4.78, 5) is 37.3. The number of nitro groups is 1. The molecule has 2 aromatic carbocycles. The molecule has 8 heteroatoms. The number of hydrogen-bond donors (Lipinski definition) is 0. The molecule has 3 aromatic rings. The lowest BCUT2D eigenvalue weighted by Gasteiger charge is -2.13. The summed E-state index contributed by atoms with van der Waals surface area (Å²) < 4.78 is 8.88. The number of non-ortho nitro benzene ring substituents is 1. The van der Waals surface area contributed by atoms with Gasteiger partial charge in [-0.2, -0.15) is 0 Å². The third-order valence-electron chi connectivity index (χ3n) is 5.61. The van der Waals surface area contributed by atoms with Crippen molar-refractivity contribution < 1.29 is 23.8 Å². The number of aromatic nitrogens is 2. The lowest BCUT2D eigenvalue weighted by Crippen LogP contribution is -2.43. The first-order valence-electron chi connectivity index (χ1n) is 9.97. The van der Waals surface area contributed by atoms with Gasteiger partial charge in [-0.05, 0) is 17.7 Å². The van der Waals surface area contributed by atoms with Crippen LogP contribution in [0.4, 0.5) is 5.69 Å². The molecule has 0 saturated carbocycles. The Hall–Kier alpha value is -3.65. The highest BCUT2D eigenvalue weighted by molar-refractivity contribution is 6.26. The molecule has 4 rings (SSSR count). The van der Waals surface area contributed by atoms with Gasteiger partial charge in [-0.15, -0.1) is 0 Å². The number of ketones is 2. The summed E-state index contributed by atoms with van der Waals surface area (Å²) in [6.07, 6.45) is 0.694. The Morgan fingerprint density at radius 2 is 1.68 bits per heavy atom. The summed E-state index contributed by atoms with van der Waals surface area (Å²) in [7, 11) is 1.62. The highest BCUT2D eigenvalue weighted by Crippen LogP contribution is 2.27. The van der Waals surface area contributed by atoms with Gasteiger partial charge in [0.1, 0.15) is 6.54 Å². The average Bonchev–Trinajstić information content (AvgIpc) is 3.05. The predicted molar refractivity (Wildman–Crippen MR) is 111 cm³/mol. The highest BCUT2D eigenvalue weighted by Gasteiger charge is 2.42. The van der Waals surface area contributed by atoms with Crippen LogP contribution < -0.4 is 4.57 Å². The maximum absolute atomic E-state index is 13.4. The van der Waals surface area contributed by atoms with Crippen molar-refractivity contribution in [3.63, 3.8) is 0 Å². The van der Waals surface area contributed by atoms with E-state index in [0.29, 0.717) is 48.6 Å². The number of carbonyl (C=O) groups excluding carboxylic acids is 2. The van der Waals surface area contributed by atoms with Crippen LogP contribution >= 0.6 is 0 Å². The molecule has 0 N–H and O–H groups in total. The zero-order valence-corrected chi connectivity index (χ0v) is 17.3. The number of nitrogens with zero attached hydrogens (tertiary/aromatic N) is 3. The molecular formula is C23H22N3O5+. The van der Waals surface area contributed by atoms with Crippen LogP contribution in [0.1, 0.15) is 49.9 Å². The zero-order chi connectivity index (χ0) is 22.1. The van der Waals surface area contributed by atoms with Crippen LogP contribution in [0.15, 0.2) is 48.5 Å². The van der Waals surface area contributed by atoms with E-state index in [1.807, 2.05) is 16.1 Å². The fourth-order valence-corrected chi connectivity index (χ4v) is 4.06. The second kappa shape index (κ2) is 8.23. The number of methoxy groups -OCH3 is 1. The van der Waals surface area contributed by atoms with E-state index in [-0.39, 0.29) is 17.3 Å². The van der Waals surface area contributed by atoms with Crippen molar-refractivity contribution in [1.29, 1.82) is 0 Å². The van der Waals surface area contributed by atoms with Gasteiger partial charge in [0.15, 0.2) is 0 Å². The number of rotatable bonds is 7. The van der Waals surface area contributed by atoms with E-state index in [1.165, 1.54) is 12.1 Å². The molecule has 0 spiro atoms. The van der Waals surface area contributed by atoms with Gasteiger partial charge in [0, 0.05) is 50.3 Å². The van der Waals surface area contributed by atoms with Gasteiger partial charge in [0.2, 0.25) is 23.0 Å². The quantitative estimate of drug-likeness (QED) is 0.198. The van der Waals surface area contributed by atoms with Crippen LogP contribution in [0.3, 0.4) is 0 Å². The normalized spacial score (nSPS) is 12.6. The summed E-state index contributed by atoms with van der Waals surface area (Å²) >= 11 is 0. The number of benzene rings is 2. The molecule has 1 heterocycles. The molecule has 0 amide bonds. The molecule has 8 nitrogen and oxygen atoms in total. The third-order valence-corrected chi connectivity index (χ3v) is 5.61. The number of ether oxygens (including phenoxy) is 1. The Labute approximate surface area is 178 Å². The van der Waals surface area contributed by atoms with Crippen molar-refractivity contribution in [2.75, 3.05) is 13.7 Å². The Morgan fingerprint density at radius 3 is 2.29 bits per heavy atom. The number of nitro benzene ring substituents is 1. The van der Waals surface area contributed by atoms with Gasteiger partial charge in [-0.1, -0.05) is 24.3 Å². The lowest BCUT2D eigenvalue weighted by atomic mass is 9.90. The summed E-state index contributed by atoms with van der Waals surface area (Å²) in [6, 6.07) is 13.1. The monoisotopic (exact) mass is 420 g/mol. The smallest absolute Gasteiger partial charge is 0.269 e. The Morgan fingerprint density at radius 1 is 1.03 bits per heavy atom. The van der Waals surface area contributed by atoms with E-state index in [9.17, 15) is 19.7 Å². The van der Waals surface area contributed by atoms with Crippen molar-refractivity contribution in [2.45, 2.75) is 26.4 Å². The van der Waals surface area contributed by atoms with E-state index in [2.05, 4.69) is 0 Å². The van der Waals surface area contributed by atoms with E-state index in [0.717, 1.165) is 11.4 Å². The lowest BCUT2D eigenvalue weighted by molar-refractivity contribution is -0.695. The van der Waals surface area contributed by atoms with Gasteiger partial charge >= 0.3 is 0 Å². The Bertz CT molecular complexity index is 1190. The van der Waals surface area contributed by atoms with Crippen LogP contribution in [-0.4, -0.2) is 34.8 Å². The Kier molecular flexibility index (Phi) is 5.48. The first kappa shape index (κ1) is 20.6. The molecule has 0 atom stereocenters. The van der Waals surface area contributed by atoms with Gasteiger partial charge in [0.25, 0.3) is 11.5 Å². The van der Waals surface area contributed by atoms with Gasteiger partial charge in [0.05, 0.1) is 11.5 Å². The van der Waals surface area contributed by atoms with E-state index >= 15 is 0 Å². The fraction of sp³-hybridized carbons (Fsp3) is 0.261. The maximum atomic E-state index is 13.4. The van der Waals surface area contributed by atoms with Gasteiger partial charge in [-0.25, -0.2) is 9.13 Å². The van der Waals surface area contributed by atoms with Crippen LogP contribution in [0.2, 0.25) is 0 Å². The minimum Gasteiger partial charge on any atom is -0.385 e. The van der Waals surface area contributed by atoms with Crippen molar-refractivity contribution in [1.82, 2.24) is 4.57 Å². The van der Waals surface area contributed by atoms with Crippen molar-refractivity contribution in [2.24, 2.45) is 0 Å². The molecule has 1 aliphatic carbocycles. The van der Waals surface area contributed by atoms with E-state index in [1.54, 1.807) is 43.5 Å². The molecule has 0 fully saturated rings. The van der Waals surface area contributed by atoms with Gasteiger partial charge < -0.3 is 4.74 Å². The van der Waals surface area contributed by atoms with E-state index in [4.69, 9.17) is 4.74 Å². The first-order valence-corrected chi connectivity index (χ1v) is 9.97. The second-order valence-electron chi connectivity index (χ2n) is 7.46. The van der Waals surface area contributed by atoms with Gasteiger partial charge in [-0.3, -0.25) is 19.7 Å². The maximum Gasteiger partial charge on any atom is 0.269 e. The van der Waals surface area contributed by atoms with Crippen LogP contribution in [0.5, 0.6) is 0 Å². The number of imidazole rings is 1. The molecule has 0 unspecified atom stereocenters. The summed E-state index contributed by atoms with van der Waals surface area (Å²) in [6.45, 7) is 3.27. The zero-order valence-electron chi connectivity index (χ0n) is 17.3. The molecule has 1 aromatic heterocycles. The minimum absolute atomic E-state index is 0.00446. The number of fused-ring (bicyclic) bond motifs is 2. The van der Waals surface area contributed by atoms with Crippen LogP contribution in [0.25, 0.3) is 0 Å². The summed E-state index contributed by atoms with van der Waals surface area (Å²) in [5.41, 5.74) is 2.36. The number of carbonyl (C=O) groups is 2.